The monoisotopic (exact) mass is 893 g/mol. The van der Waals surface area contributed by atoms with Crippen molar-refractivity contribution >= 4 is 54.1 Å². The van der Waals surface area contributed by atoms with Gasteiger partial charge in [0.25, 0.3) is 0 Å². The molecule has 0 amide bonds. The molecular weight excluding hydrogens is 813 g/mol. The van der Waals surface area contributed by atoms with Crippen LogP contribution in [0.1, 0.15) is 54.8 Å². The number of aromatic nitrogens is 2. The Balaban J connectivity index is 1.31. The molecule has 0 aliphatic heterocycles. The molecule has 0 spiro atoms. The first-order valence-corrected chi connectivity index (χ1v) is 19.6. The van der Waals surface area contributed by atoms with Gasteiger partial charge >= 0.3 is 0 Å². The minimum atomic E-state index is -1.42. The second kappa shape index (κ2) is 16.0. The van der Waals surface area contributed by atoms with E-state index in [2.05, 4.69) is 9.97 Å². The maximum Gasteiger partial charge on any atom is 0.144 e. The fourth-order valence-electron chi connectivity index (χ4n) is 7.81. The molecule has 67 heavy (non-hydrogen) atoms. The molecule has 0 radical (unpaired) electrons. The van der Waals surface area contributed by atoms with E-state index in [1.54, 1.807) is 0 Å². The second-order valence-electron chi connectivity index (χ2n) is 14.1. The van der Waals surface area contributed by atoms with Crippen molar-refractivity contribution in [1.29, 1.82) is 0 Å². The molecule has 10 aromatic carbocycles. The highest BCUT2D eigenvalue weighted by Crippen LogP contribution is 2.53. The lowest BCUT2D eigenvalue weighted by Gasteiger charge is -2.17. The number of hydrogen-bond donors (Lipinski definition) is 0. The van der Waals surface area contributed by atoms with E-state index in [4.69, 9.17) is 29.1 Å². The van der Waals surface area contributed by atoms with Gasteiger partial charge in [0.1, 0.15) is 11.5 Å². The van der Waals surface area contributed by atoms with Crippen LogP contribution in [0.2, 0.25) is 0 Å². The molecule has 0 saturated heterocycles. The minimum absolute atomic E-state index is 0.536. The van der Waals surface area contributed by atoms with Crippen LogP contribution in [0.4, 0.5) is 0 Å². The second-order valence-corrected chi connectivity index (χ2v) is 14.1. The van der Waals surface area contributed by atoms with Gasteiger partial charge in [0.15, 0.2) is 0 Å². The summed E-state index contributed by atoms with van der Waals surface area (Å²) in [5, 5.41) is -6.95. The number of furan rings is 1. The van der Waals surface area contributed by atoms with Crippen molar-refractivity contribution in [2.75, 3.05) is 0 Å². The summed E-state index contributed by atoms with van der Waals surface area (Å²) in [7, 11) is 0. The van der Waals surface area contributed by atoms with Crippen LogP contribution >= 0.6 is 0 Å². The van der Waals surface area contributed by atoms with Gasteiger partial charge in [-0.1, -0.05) is 218 Å². The first-order chi connectivity index (χ1) is 49.9. The van der Waals surface area contributed by atoms with Gasteiger partial charge in [-0.3, -0.25) is 4.98 Å². The molecule has 0 aliphatic carbocycles. The van der Waals surface area contributed by atoms with Crippen molar-refractivity contribution in [3.8, 4) is 78.4 Å². The van der Waals surface area contributed by atoms with Gasteiger partial charge in [-0.05, 0) is 83.8 Å². The molecule has 0 atom stereocenters. The van der Waals surface area contributed by atoms with E-state index in [1.165, 1.54) is 0 Å². The summed E-state index contributed by atoms with van der Waals surface area (Å²) in [5.41, 5.74) is -14.1. The summed E-state index contributed by atoms with van der Waals surface area (Å²) in [5.74, 6) is -2.61. The summed E-state index contributed by atoms with van der Waals surface area (Å²) < 4.78 is 377. The van der Waals surface area contributed by atoms with Gasteiger partial charge < -0.3 is 4.42 Å². The van der Waals surface area contributed by atoms with Crippen LogP contribution in [0.5, 0.6) is 0 Å². The quantitative estimate of drug-likeness (QED) is 0.118. The molecule has 0 fully saturated rings. The summed E-state index contributed by atoms with van der Waals surface area (Å²) in [6.07, 6.45) is -0.859. The molecule has 0 unspecified atom stereocenters. The summed E-state index contributed by atoms with van der Waals surface area (Å²) in [4.78, 5) is 8.49. The van der Waals surface area contributed by atoms with Crippen molar-refractivity contribution in [3.05, 3.63) is 242 Å². The van der Waals surface area contributed by atoms with E-state index in [0.29, 0.717) is 0 Å². The zero-order valence-electron chi connectivity index (χ0n) is 73.3. The van der Waals surface area contributed by atoms with E-state index in [9.17, 15) is 30.2 Å². The fraction of sp³-hybridized carbons (Fsp3) is 0. The predicted molar refractivity (Wildman–Crippen MR) is 280 cm³/mol. The molecule has 3 nitrogen and oxygen atoms in total. The maximum absolute atomic E-state index is 10.4. The minimum Gasteiger partial charge on any atom is -0.455 e. The van der Waals surface area contributed by atoms with Crippen molar-refractivity contribution < 1.29 is 59.2 Å². The first kappa shape index (κ1) is 15.6. The van der Waals surface area contributed by atoms with Crippen LogP contribution < -0.4 is 0 Å². The van der Waals surface area contributed by atoms with Gasteiger partial charge in [0.05, 0.1) is 71.6 Å². The smallest absolute Gasteiger partial charge is 0.144 e. The Bertz CT molecular complexity index is 6280. The van der Waals surface area contributed by atoms with Crippen LogP contribution in [-0.2, 0) is 0 Å². The lowest BCUT2D eigenvalue weighted by atomic mass is 9.85. The van der Waals surface area contributed by atoms with E-state index >= 15 is 0 Å². The van der Waals surface area contributed by atoms with Crippen LogP contribution in [0.15, 0.2) is 246 Å². The number of rotatable bonds is 7. The number of benzene rings is 10. The van der Waals surface area contributed by atoms with Crippen molar-refractivity contribution in [1.82, 2.24) is 9.97 Å². The number of nitrogens with zero attached hydrogens (tertiary/aromatic N) is 2. The molecule has 3 heterocycles. The summed E-state index contributed by atoms with van der Waals surface area (Å²) >= 11 is 0. The zero-order chi connectivity index (χ0) is 79.1. The number of fused-ring (bicyclic) bond motifs is 6. The molecule has 13 rings (SSSR count). The van der Waals surface area contributed by atoms with E-state index in [-0.39, 0.29) is 0 Å². The van der Waals surface area contributed by atoms with Gasteiger partial charge in [-0.15, -0.1) is 0 Å². The molecule has 3 heteroatoms. The Morgan fingerprint density at radius 3 is 1.40 bits per heavy atom. The van der Waals surface area contributed by atoms with Crippen LogP contribution in [0, 0.1) is 0 Å². The number of pyridine rings is 2. The normalized spacial score (nSPS) is 19.9. The zero-order valence-corrected chi connectivity index (χ0v) is 33.3. The molecule has 0 bridgehead atoms. The highest BCUT2D eigenvalue weighted by atomic mass is 16.3. The van der Waals surface area contributed by atoms with Gasteiger partial charge in [0.2, 0.25) is 0 Å². The Kier molecular flexibility index (Phi) is 3.72. The molecular formula is C64H40N2O. The Hall–Kier alpha value is -8.92. The third kappa shape index (κ3) is 6.43. The average Bonchev–Trinajstić information content (AvgIpc) is 1.68. The SMILES string of the molecule is [2H]c1nc2c(c([2H])c1[2H])c([2H])c([2H])c1c([2H])c([2H])c(-c3c([2H])c([2H])c(-c4c([2H])c([2H])c([2H])c(-c5oc(-c6c7c([2H])c([2H])c([2H])c([2H])c7c(-c7c([2H])c([2H])c([2H])c([2H])c7[2H])c7c([2H])c([2H])c([2H])c([2H])c67)c(-c6c([2H])c([2H])c([2H])c([2H])c6[2H])c5-c5c([2H])c([2H])c([2H])c([2H])c5[2H])c4[2H])c4c([2H])c([2H])c([2H])c([2H])c34)nc12. The van der Waals surface area contributed by atoms with E-state index in [0.717, 1.165) is 0 Å². The molecule has 0 N–H and O–H groups in total. The van der Waals surface area contributed by atoms with Crippen LogP contribution in [-0.4, -0.2) is 9.97 Å². The highest BCUT2D eigenvalue weighted by Gasteiger charge is 2.29. The summed E-state index contributed by atoms with van der Waals surface area (Å²) in [6.45, 7) is 0. The molecule has 3 aromatic heterocycles. The first-order valence-electron chi connectivity index (χ1n) is 39.6. The summed E-state index contributed by atoms with van der Waals surface area (Å²) in [6, 6.07) is -45.0. The Morgan fingerprint density at radius 2 is 0.776 bits per heavy atom. The molecule has 312 valence electrons. The highest BCUT2D eigenvalue weighted by molar-refractivity contribution is 6.23. The van der Waals surface area contributed by atoms with Gasteiger partial charge in [-0.2, -0.15) is 0 Å². The third-order valence-electron chi connectivity index (χ3n) is 10.6. The Labute approximate surface area is 444 Å². The lowest BCUT2D eigenvalue weighted by Crippen LogP contribution is -1.91. The topological polar surface area (TPSA) is 38.9 Å². The van der Waals surface area contributed by atoms with Gasteiger partial charge in [0, 0.05) is 44.8 Å². The third-order valence-corrected chi connectivity index (χ3v) is 10.6. The molecule has 0 saturated carbocycles. The largest absolute Gasteiger partial charge is 0.455 e. The fourth-order valence-corrected chi connectivity index (χ4v) is 7.81. The molecule has 13 aromatic rings. The van der Waals surface area contributed by atoms with Crippen LogP contribution in [0.25, 0.3) is 133 Å². The average molecular weight is 893 g/mol. The molecule has 0 aliphatic rings. The van der Waals surface area contributed by atoms with Crippen molar-refractivity contribution in [2.24, 2.45) is 0 Å². The standard InChI is InChI=1S/C64H40N2O/c1-4-18-41(19-5-1)57-52-29-12-14-31-54(52)60(55-32-15-13-30-53(55)57)64-59(43-22-8-3-9-23-43)58(42-20-6-2-7-21-42)63(67-64)47-25-16-24-46(40-47)48-36-37-51(50-28-11-10-27-49(48)50)56-38-35-45-34-33-44-26-17-39-65-61(44)62(45)66-56/h1-40H/i1D,2D,3D,4D,5D,6D,7D,8D,9D,10D,11D,12D,13D,14D,15D,16D,17D,18D,19D,20D,21D,22D,23D,24D,25D,26D,27D,28D,29D,30D,31D,32D,33D,34D,35D,36D,37D,38D,39D,40D. The van der Waals surface area contributed by atoms with Crippen molar-refractivity contribution in [3.63, 3.8) is 0 Å². The van der Waals surface area contributed by atoms with E-state index in [1.807, 2.05) is 0 Å². The predicted octanol–water partition coefficient (Wildman–Crippen LogP) is 17.5. The maximum atomic E-state index is 10.4. The van der Waals surface area contributed by atoms with E-state index < -0.39 is 374 Å². The van der Waals surface area contributed by atoms with Gasteiger partial charge in [-0.25, -0.2) is 4.98 Å². The van der Waals surface area contributed by atoms with Crippen LogP contribution in [0.3, 0.4) is 0 Å². The number of hydrogen-bond acceptors (Lipinski definition) is 3. The Morgan fingerprint density at radius 1 is 0.313 bits per heavy atom. The van der Waals surface area contributed by atoms with Crippen molar-refractivity contribution in [2.45, 2.75) is 0 Å². The lowest BCUT2D eigenvalue weighted by molar-refractivity contribution is 0.600.